The minimum atomic E-state index is -0.492. The molecule has 0 aromatic carbocycles. The molecule has 0 fully saturated rings. The summed E-state index contributed by atoms with van der Waals surface area (Å²) in [5, 5.41) is 13.2. The Balaban J connectivity index is 1.59. The fourth-order valence-corrected chi connectivity index (χ4v) is 3.87. The number of nitrogens with one attached hydrogen (secondary N) is 1. The van der Waals surface area contributed by atoms with E-state index in [1.165, 1.54) is 0 Å². The molecule has 9 nitrogen and oxygen atoms in total. The van der Waals surface area contributed by atoms with Crippen LogP contribution in [0.2, 0.25) is 5.15 Å². The van der Waals surface area contributed by atoms with E-state index in [9.17, 15) is 4.79 Å². The zero-order chi connectivity index (χ0) is 21.0. The summed E-state index contributed by atoms with van der Waals surface area (Å²) >= 11 is 6.29. The number of imidazole rings is 1. The lowest BCUT2D eigenvalue weighted by molar-refractivity contribution is 0.0642. The Hall–Kier alpha value is -3.20. The van der Waals surface area contributed by atoms with Crippen LogP contribution in [-0.4, -0.2) is 47.1 Å². The summed E-state index contributed by atoms with van der Waals surface area (Å²) in [7, 11) is 0. The molecule has 1 amide bonds. The number of amides is 1. The molecule has 1 aliphatic heterocycles. The fraction of sp³-hybridized carbons (Fsp3) is 0.350. The number of aromatic amines is 1. The molecule has 0 saturated heterocycles. The molecule has 0 unspecified atom stereocenters. The van der Waals surface area contributed by atoms with Gasteiger partial charge < -0.3 is 14.3 Å². The van der Waals surface area contributed by atoms with Gasteiger partial charge >= 0.3 is 11.8 Å². The van der Waals surface area contributed by atoms with Gasteiger partial charge in [-0.2, -0.15) is 5.10 Å². The quantitative estimate of drug-likeness (QED) is 0.494. The summed E-state index contributed by atoms with van der Waals surface area (Å²) in [6.45, 7) is 6.33. The smallest absolute Gasteiger partial charge is 0.312 e. The Bertz CT molecular complexity index is 1250. The Morgan fingerprint density at radius 3 is 2.87 bits per heavy atom. The first-order valence-electron chi connectivity index (χ1n) is 9.64. The molecule has 154 valence electrons. The standard InChI is InChI=1S/C20H20ClN7O2/c1-20(2,3)19-25-24-17(30-19)18(29)27-8-7-12-15(23-10-22-12)16(27)13-9-11-5-4-6-14(21)28(11)26-13/h4-6,9-10,16H,7-8H2,1-3H3,(H,22,23)/t16-/m1/s1. The highest BCUT2D eigenvalue weighted by atomic mass is 35.5. The van der Waals surface area contributed by atoms with Crippen molar-refractivity contribution >= 4 is 23.0 Å². The molecule has 4 aromatic rings. The third-order valence-corrected chi connectivity index (χ3v) is 5.46. The summed E-state index contributed by atoms with van der Waals surface area (Å²) in [4.78, 5) is 22.7. The zero-order valence-electron chi connectivity index (χ0n) is 16.8. The second-order valence-corrected chi connectivity index (χ2v) is 8.72. The van der Waals surface area contributed by atoms with E-state index in [1.54, 1.807) is 21.8 Å². The first-order valence-corrected chi connectivity index (χ1v) is 10.0. The van der Waals surface area contributed by atoms with Gasteiger partial charge in [0.25, 0.3) is 0 Å². The third kappa shape index (κ3) is 2.97. The van der Waals surface area contributed by atoms with Gasteiger partial charge in [0.2, 0.25) is 5.89 Å². The summed E-state index contributed by atoms with van der Waals surface area (Å²) in [6.07, 6.45) is 2.28. The normalized spacial score (nSPS) is 16.8. The van der Waals surface area contributed by atoms with Crippen LogP contribution in [0, 0.1) is 0 Å². The topological polar surface area (TPSA) is 105 Å². The van der Waals surface area contributed by atoms with Gasteiger partial charge in [-0.15, -0.1) is 10.2 Å². The van der Waals surface area contributed by atoms with E-state index in [-0.39, 0.29) is 17.2 Å². The van der Waals surface area contributed by atoms with E-state index in [2.05, 4.69) is 25.3 Å². The highest BCUT2D eigenvalue weighted by Crippen LogP contribution is 2.34. The van der Waals surface area contributed by atoms with E-state index >= 15 is 0 Å². The van der Waals surface area contributed by atoms with Crippen LogP contribution in [0.25, 0.3) is 5.52 Å². The molecular formula is C20H20ClN7O2. The predicted octanol–water partition coefficient (Wildman–Crippen LogP) is 3.18. The fourth-order valence-electron chi connectivity index (χ4n) is 3.67. The van der Waals surface area contributed by atoms with E-state index in [0.717, 1.165) is 16.9 Å². The number of pyridine rings is 1. The van der Waals surface area contributed by atoms with Crippen molar-refractivity contribution in [2.45, 2.75) is 38.6 Å². The monoisotopic (exact) mass is 425 g/mol. The number of H-pyrrole nitrogens is 1. The number of aromatic nitrogens is 6. The number of hydrogen-bond acceptors (Lipinski definition) is 6. The van der Waals surface area contributed by atoms with Crippen molar-refractivity contribution in [2.24, 2.45) is 0 Å². The number of nitrogens with zero attached hydrogens (tertiary/aromatic N) is 6. The van der Waals surface area contributed by atoms with Crippen LogP contribution in [0.3, 0.4) is 0 Å². The van der Waals surface area contributed by atoms with Crippen LogP contribution in [0.5, 0.6) is 0 Å². The SMILES string of the molecule is CC(C)(C)c1nnc(C(=O)N2CCc3[nH]cnc3[C@H]2c2cc3cccc(Cl)n3n2)o1. The lowest BCUT2D eigenvalue weighted by Gasteiger charge is -2.32. The van der Waals surface area contributed by atoms with E-state index in [0.29, 0.717) is 29.7 Å². The third-order valence-electron chi connectivity index (χ3n) is 5.17. The van der Waals surface area contributed by atoms with Gasteiger partial charge in [-0.05, 0) is 18.2 Å². The molecule has 1 aliphatic rings. The van der Waals surface area contributed by atoms with E-state index < -0.39 is 6.04 Å². The van der Waals surface area contributed by atoms with Gasteiger partial charge in [-0.3, -0.25) is 4.79 Å². The number of carbonyl (C=O) groups is 1. The maximum Gasteiger partial charge on any atom is 0.312 e. The first kappa shape index (κ1) is 18.8. The molecule has 0 spiro atoms. The van der Waals surface area contributed by atoms with E-state index in [4.69, 9.17) is 16.0 Å². The summed E-state index contributed by atoms with van der Waals surface area (Å²) < 4.78 is 7.35. The Morgan fingerprint density at radius 1 is 1.30 bits per heavy atom. The van der Waals surface area contributed by atoms with Crippen LogP contribution < -0.4 is 0 Å². The van der Waals surface area contributed by atoms with Crippen molar-refractivity contribution < 1.29 is 9.21 Å². The number of carbonyl (C=O) groups excluding carboxylic acids is 1. The van der Waals surface area contributed by atoms with Gasteiger partial charge in [0.05, 0.1) is 23.2 Å². The molecule has 0 radical (unpaired) electrons. The second kappa shape index (κ2) is 6.66. The molecular weight excluding hydrogens is 406 g/mol. The molecule has 10 heteroatoms. The van der Waals surface area contributed by atoms with Crippen LogP contribution >= 0.6 is 11.6 Å². The Morgan fingerprint density at radius 2 is 2.13 bits per heavy atom. The van der Waals surface area contributed by atoms with Crippen LogP contribution in [0.15, 0.2) is 35.0 Å². The van der Waals surface area contributed by atoms with Gasteiger partial charge in [0.15, 0.2) is 0 Å². The Kier molecular flexibility index (Phi) is 4.18. The van der Waals surface area contributed by atoms with Gasteiger partial charge in [-0.25, -0.2) is 9.50 Å². The van der Waals surface area contributed by atoms with Gasteiger partial charge in [-0.1, -0.05) is 38.4 Å². The second-order valence-electron chi connectivity index (χ2n) is 8.33. The predicted molar refractivity (Wildman–Crippen MR) is 108 cm³/mol. The molecule has 0 aliphatic carbocycles. The average molecular weight is 426 g/mol. The van der Waals surface area contributed by atoms with Crippen molar-refractivity contribution in [1.29, 1.82) is 0 Å². The minimum absolute atomic E-state index is 0.0364. The van der Waals surface area contributed by atoms with E-state index in [1.807, 2.05) is 39.0 Å². The molecule has 1 atom stereocenters. The minimum Gasteiger partial charge on any atom is -0.416 e. The largest absolute Gasteiger partial charge is 0.416 e. The molecule has 5 heterocycles. The number of fused-ring (bicyclic) bond motifs is 2. The molecule has 0 saturated carbocycles. The average Bonchev–Trinajstić information content (AvgIpc) is 3.44. The van der Waals surface area contributed by atoms with Crippen molar-refractivity contribution in [3.8, 4) is 0 Å². The lowest BCUT2D eigenvalue weighted by atomic mass is 9.97. The number of hydrogen-bond donors (Lipinski definition) is 1. The Labute approximate surface area is 177 Å². The van der Waals surface area contributed by atoms with Crippen molar-refractivity contribution in [3.05, 3.63) is 64.6 Å². The number of rotatable bonds is 2. The maximum absolute atomic E-state index is 13.4. The van der Waals surface area contributed by atoms with Crippen LogP contribution in [0.1, 0.15) is 60.5 Å². The maximum atomic E-state index is 13.4. The van der Waals surface area contributed by atoms with Crippen molar-refractivity contribution in [3.63, 3.8) is 0 Å². The van der Waals surface area contributed by atoms with Gasteiger partial charge in [0.1, 0.15) is 11.2 Å². The van der Waals surface area contributed by atoms with Crippen LogP contribution in [0.4, 0.5) is 0 Å². The molecule has 1 N–H and O–H groups in total. The summed E-state index contributed by atoms with van der Waals surface area (Å²) in [5.41, 5.74) is 2.89. The highest BCUT2D eigenvalue weighted by Gasteiger charge is 2.38. The molecule has 0 bridgehead atoms. The van der Waals surface area contributed by atoms with Crippen LogP contribution in [-0.2, 0) is 11.8 Å². The summed E-state index contributed by atoms with van der Waals surface area (Å²) in [6, 6.07) is 6.96. The molecule has 5 rings (SSSR count). The summed E-state index contributed by atoms with van der Waals surface area (Å²) in [5.74, 6) is 0.0323. The highest BCUT2D eigenvalue weighted by molar-refractivity contribution is 6.29. The molecule has 4 aromatic heterocycles. The molecule has 30 heavy (non-hydrogen) atoms. The van der Waals surface area contributed by atoms with Crippen molar-refractivity contribution in [1.82, 2.24) is 34.7 Å². The van der Waals surface area contributed by atoms with Gasteiger partial charge in [0, 0.05) is 24.1 Å². The number of halogens is 1. The first-order chi connectivity index (χ1) is 14.3. The lowest BCUT2D eigenvalue weighted by Crippen LogP contribution is -2.41. The zero-order valence-corrected chi connectivity index (χ0v) is 17.5. The van der Waals surface area contributed by atoms with Crippen molar-refractivity contribution in [2.75, 3.05) is 6.54 Å².